The van der Waals surface area contributed by atoms with Gasteiger partial charge in [-0.15, -0.1) is 0 Å². The minimum atomic E-state index is 0.0827. The SMILES string of the molecule is CCC1CCN(C(=O)C2C(C)CCCC2N)C1. The number of rotatable bonds is 2. The molecule has 0 aromatic carbocycles. The van der Waals surface area contributed by atoms with Crippen molar-refractivity contribution in [2.24, 2.45) is 23.5 Å². The summed E-state index contributed by atoms with van der Waals surface area (Å²) in [6.07, 6.45) is 5.74. The van der Waals surface area contributed by atoms with E-state index < -0.39 is 0 Å². The monoisotopic (exact) mass is 238 g/mol. The molecular weight excluding hydrogens is 212 g/mol. The van der Waals surface area contributed by atoms with Gasteiger partial charge in [-0.25, -0.2) is 0 Å². The molecule has 2 N–H and O–H groups in total. The molecule has 2 rings (SSSR count). The quantitative estimate of drug-likeness (QED) is 0.800. The third-order valence-electron chi connectivity index (χ3n) is 4.73. The Kier molecular flexibility index (Phi) is 4.08. The fourth-order valence-electron chi connectivity index (χ4n) is 3.46. The van der Waals surface area contributed by atoms with Gasteiger partial charge in [0.15, 0.2) is 0 Å². The topological polar surface area (TPSA) is 46.3 Å². The van der Waals surface area contributed by atoms with Crippen LogP contribution in [-0.2, 0) is 4.79 Å². The minimum absolute atomic E-state index is 0.0827. The largest absolute Gasteiger partial charge is 0.342 e. The molecule has 0 radical (unpaired) electrons. The Labute approximate surface area is 105 Å². The molecule has 0 spiro atoms. The highest BCUT2D eigenvalue weighted by Crippen LogP contribution is 2.32. The van der Waals surface area contributed by atoms with Crippen LogP contribution >= 0.6 is 0 Å². The van der Waals surface area contributed by atoms with Crippen LogP contribution in [0.5, 0.6) is 0 Å². The van der Waals surface area contributed by atoms with E-state index >= 15 is 0 Å². The lowest BCUT2D eigenvalue weighted by molar-refractivity contribution is -0.138. The molecule has 1 saturated heterocycles. The van der Waals surface area contributed by atoms with Crippen LogP contribution < -0.4 is 5.73 Å². The molecule has 4 unspecified atom stereocenters. The third kappa shape index (κ3) is 2.65. The predicted octanol–water partition coefficient (Wildman–Crippen LogP) is 2.01. The van der Waals surface area contributed by atoms with E-state index in [0.717, 1.165) is 25.9 Å². The molecule has 0 aromatic heterocycles. The zero-order chi connectivity index (χ0) is 12.4. The summed E-state index contributed by atoms with van der Waals surface area (Å²) in [6.45, 7) is 6.32. The summed E-state index contributed by atoms with van der Waals surface area (Å²) in [7, 11) is 0. The van der Waals surface area contributed by atoms with Gasteiger partial charge in [0.05, 0.1) is 5.92 Å². The number of nitrogens with zero attached hydrogens (tertiary/aromatic N) is 1. The van der Waals surface area contributed by atoms with E-state index in [9.17, 15) is 4.79 Å². The van der Waals surface area contributed by atoms with Crippen LogP contribution in [0, 0.1) is 17.8 Å². The van der Waals surface area contributed by atoms with Gasteiger partial charge in [0.2, 0.25) is 5.91 Å². The first-order chi connectivity index (χ1) is 8.13. The fourth-order valence-corrected chi connectivity index (χ4v) is 3.46. The molecular formula is C14H26N2O. The van der Waals surface area contributed by atoms with E-state index in [0.29, 0.717) is 17.7 Å². The fraction of sp³-hybridized carbons (Fsp3) is 0.929. The van der Waals surface area contributed by atoms with Gasteiger partial charge in [-0.2, -0.15) is 0 Å². The molecule has 0 bridgehead atoms. The van der Waals surface area contributed by atoms with Gasteiger partial charge in [0, 0.05) is 19.1 Å². The highest BCUT2D eigenvalue weighted by Gasteiger charge is 2.38. The standard InChI is InChI=1S/C14H26N2O/c1-3-11-7-8-16(9-11)14(17)13-10(2)5-4-6-12(13)15/h10-13H,3-9,15H2,1-2H3. The summed E-state index contributed by atoms with van der Waals surface area (Å²) in [5.41, 5.74) is 6.16. The van der Waals surface area contributed by atoms with Crippen LogP contribution in [0.2, 0.25) is 0 Å². The summed E-state index contributed by atoms with van der Waals surface area (Å²) >= 11 is 0. The number of hydrogen-bond acceptors (Lipinski definition) is 2. The average molecular weight is 238 g/mol. The van der Waals surface area contributed by atoms with E-state index in [1.54, 1.807) is 0 Å². The molecule has 2 aliphatic rings. The van der Waals surface area contributed by atoms with Crippen LogP contribution in [0.15, 0.2) is 0 Å². The Morgan fingerprint density at radius 1 is 1.35 bits per heavy atom. The lowest BCUT2D eigenvalue weighted by atomic mass is 9.76. The summed E-state index contributed by atoms with van der Waals surface area (Å²) in [6, 6.07) is 0.0897. The van der Waals surface area contributed by atoms with E-state index in [-0.39, 0.29) is 12.0 Å². The lowest BCUT2D eigenvalue weighted by Gasteiger charge is -2.35. The van der Waals surface area contributed by atoms with Crippen LogP contribution in [0.4, 0.5) is 0 Å². The van der Waals surface area contributed by atoms with Gasteiger partial charge in [-0.3, -0.25) is 4.79 Å². The molecule has 1 amide bonds. The van der Waals surface area contributed by atoms with Crippen LogP contribution in [-0.4, -0.2) is 29.9 Å². The zero-order valence-corrected chi connectivity index (χ0v) is 11.2. The van der Waals surface area contributed by atoms with Crippen molar-refractivity contribution in [3.8, 4) is 0 Å². The number of carbonyl (C=O) groups excluding carboxylic acids is 1. The molecule has 3 nitrogen and oxygen atoms in total. The highest BCUT2D eigenvalue weighted by atomic mass is 16.2. The van der Waals surface area contributed by atoms with Gasteiger partial charge < -0.3 is 10.6 Å². The van der Waals surface area contributed by atoms with E-state index in [2.05, 4.69) is 18.7 Å². The number of likely N-dealkylation sites (tertiary alicyclic amines) is 1. The van der Waals surface area contributed by atoms with Gasteiger partial charge >= 0.3 is 0 Å². The molecule has 0 aromatic rings. The second-order valence-electron chi connectivity index (χ2n) is 5.95. The Hall–Kier alpha value is -0.570. The van der Waals surface area contributed by atoms with Crippen molar-refractivity contribution in [3.63, 3.8) is 0 Å². The van der Waals surface area contributed by atoms with Crippen LogP contribution in [0.3, 0.4) is 0 Å². The maximum absolute atomic E-state index is 12.5. The second-order valence-corrected chi connectivity index (χ2v) is 5.95. The summed E-state index contributed by atoms with van der Waals surface area (Å²) < 4.78 is 0. The molecule has 3 heteroatoms. The van der Waals surface area contributed by atoms with Crippen LogP contribution in [0.25, 0.3) is 0 Å². The normalized spacial score (nSPS) is 38.4. The third-order valence-corrected chi connectivity index (χ3v) is 4.73. The van der Waals surface area contributed by atoms with Crippen molar-refractivity contribution in [2.45, 2.75) is 52.0 Å². The van der Waals surface area contributed by atoms with Crippen molar-refractivity contribution in [1.29, 1.82) is 0 Å². The first kappa shape index (κ1) is 12.9. The predicted molar refractivity (Wildman–Crippen MR) is 69.5 cm³/mol. The van der Waals surface area contributed by atoms with Gasteiger partial charge in [-0.1, -0.05) is 26.7 Å². The summed E-state index contributed by atoms with van der Waals surface area (Å²) in [4.78, 5) is 14.6. The van der Waals surface area contributed by atoms with Crippen LogP contribution in [0.1, 0.15) is 46.0 Å². The van der Waals surface area contributed by atoms with Crippen molar-refractivity contribution < 1.29 is 4.79 Å². The average Bonchev–Trinajstić information content (AvgIpc) is 2.77. The summed E-state index contributed by atoms with van der Waals surface area (Å²) in [5.74, 6) is 1.60. The molecule has 98 valence electrons. The van der Waals surface area contributed by atoms with E-state index in [1.165, 1.54) is 19.3 Å². The van der Waals surface area contributed by atoms with Crippen molar-refractivity contribution in [2.75, 3.05) is 13.1 Å². The highest BCUT2D eigenvalue weighted by molar-refractivity contribution is 5.80. The maximum Gasteiger partial charge on any atom is 0.227 e. The summed E-state index contributed by atoms with van der Waals surface area (Å²) in [5, 5.41) is 0. The minimum Gasteiger partial charge on any atom is -0.342 e. The molecule has 1 aliphatic carbocycles. The first-order valence-electron chi connectivity index (χ1n) is 7.17. The number of carbonyl (C=O) groups is 1. The first-order valence-corrected chi connectivity index (χ1v) is 7.17. The van der Waals surface area contributed by atoms with E-state index in [4.69, 9.17) is 5.73 Å². The van der Waals surface area contributed by atoms with Crippen molar-refractivity contribution >= 4 is 5.91 Å². The van der Waals surface area contributed by atoms with Gasteiger partial charge in [0.25, 0.3) is 0 Å². The molecule has 1 saturated carbocycles. The number of hydrogen-bond donors (Lipinski definition) is 1. The number of amides is 1. The zero-order valence-electron chi connectivity index (χ0n) is 11.2. The van der Waals surface area contributed by atoms with Crippen molar-refractivity contribution in [3.05, 3.63) is 0 Å². The maximum atomic E-state index is 12.5. The molecule has 1 aliphatic heterocycles. The molecule has 4 atom stereocenters. The Morgan fingerprint density at radius 2 is 2.12 bits per heavy atom. The van der Waals surface area contributed by atoms with Crippen molar-refractivity contribution in [1.82, 2.24) is 4.90 Å². The Morgan fingerprint density at radius 3 is 2.71 bits per heavy atom. The Bertz CT molecular complexity index is 269. The number of nitrogens with two attached hydrogens (primary N) is 1. The van der Waals surface area contributed by atoms with Gasteiger partial charge in [0.1, 0.15) is 0 Å². The molecule has 1 heterocycles. The Balaban J connectivity index is 1.99. The molecule has 2 fully saturated rings. The van der Waals surface area contributed by atoms with E-state index in [1.807, 2.05) is 0 Å². The van der Waals surface area contributed by atoms with Gasteiger partial charge in [-0.05, 0) is 31.1 Å². The molecule has 17 heavy (non-hydrogen) atoms. The smallest absolute Gasteiger partial charge is 0.227 e. The second kappa shape index (κ2) is 5.38. The lowest BCUT2D eigenvalue weighted by Crippen LogP contribution is -2.48.